The summed E-state index contributed by atoms with van der Waals surface area (Å²) in [6, 6.07) is 12.8. The van der Waals surface area contributed by atoms with Crippen molar-refractivity contribution < 1.29 is 90.2 Å². The number of nitrogens with two attached hydrogens (primary N) is 2. The van der Waals surface area contributed by atoms with Gasteiger partial charge in [0.05, 0.1) is 53.9 Å². The number of carbonyl (C=O) groups excluding carboxylic acids is 6. The zero-order valence-electron chi connectivity index (χ0n) is 77.0. The van der Waals surface area contributed by atoms with E-state index in [0.717, 1.165) is 36.1 Å². The minimum Gasteiger partial charge on any atom is -0.458 e. The lowest BCUT2D eigenvalue weighted by molar-refractivity contribution is -0.295. The smallest absolute Gasteiger partial charge is 0.410 e. The van der Waals surface area contributed by atoms with Crippen molar-refractivity contribution in [1.29, 1.82) is 0 Å². The number of unbranched alkanes of at least 4 members (excludes halogenated alkanes) is 2. The van der Waals surface area contributed by atoms with Gasteiger partial charge >= 0.3 is 24.1 Å². The van der Waals surface area contributed by atoms with Gasteiger partial charge in [0.25, 0.3) is 0 Å². The number of nitrogens with zero attached hydrogens (tertiary/aromatic N) is 10. The maximum atomic E-state index is 14.4. The molecule has 6 unspecified atom stereocenters. The number of esters is 2. The number of aryl methyl sites for hydroxylation is 1. The van der Waals surface area contributed by atoms with Crippen molar-refractivity contribution in [2.24, 2.45) is 40.6 Å². The molecule has 6 aliphatic rings. The molecule has 2 aromatic carbocycles. The minimum atomic E-state index is -1.22. The van der Waals surface area contributed by atoms with E-state index in [9.17, 15) is 42.9 Å². The zero-order valence-corrected chi connectivity index (χ0v) is 77.9. The third kappa shape index (κ3) is 27.1. The van der Waals surface area contributed by atoms with Crippen LogP contribution in [-0.4, -0.2) is 282 Å². The van der Waals surface area contributed by atoms with Gasteiger partial charge in [-0.25, -0.2) is 9.59 Å². The molecule has 0 saturated carbocycles. The highest BCUT2D eigenvalue weighted by Gasteiger charge is 2.61. The summed E-state index contributed by atoms with van der Waals surface area (Å²) < 4.78 is 74.7. The van der Waals surface area contributed by atoms with Gasteiger partial charge in [-0.05, 0) is 235 Å². The number of Topliss-reactive ketones (excluding diaryl/α,β-unsaturated/α-hetero) is 2. The summed E-state index contributed by atoms with van der Waals surface area (Å²) in [6.07, 6.45) is 6.50. The second kappa shape index (κ2) is 48.0. The average molecular weight is 1750 g/mol. The molecule has 34 heteroatoms. The van der Waals surface area contributed by atoms with Gasteiger partial charge in [0.15, 0.2) is 35.3 Å². The van der Waals surface area contributed by atoms with E-state index in [1.54, 1.807) is 68.5 Å². The summed E-state index contributed by atoms with van der Waals surface area (Å²) in [5.74, 6) is -3.62. The van der Waals surface area contributed by atoms with Crippen molar-refractivity contribution in [3.63, 3.8) is 0 Å². The topological polar surface area (TPSA) is 404 Å². The first-order chi connectivity index (χ1) is 58.0. The first-order valence-electron chi connectivity index (χ1n) is 43.6. The summed E-state index contributed by atoms with van der Waals surface area (Å²) in [5.41, 5.74) is 19.4. The number of ether oxygens (including phenoxy) is 10. The number of nitrogens with one attached hydrogen (secondary N) is 2. The maximum absolute atomic E-state index is 14.4. The number of ketones is 2. The normalized spacial score (nSPS) is 35.2. The molecule has 26 atom stereocenters. The van der Waals surface area contributed by atoms with Crippen molar-refractivity contribution in [2.45, 2.75) is 314 Å². The summed E-state index contributed by atoms with van der Waals surface area (Å²) in [4.78, 5) is 94.1. The quantitative estimate of drug-likeness (QED) is 0.00664. The van der Waals surface area contributed by atoms with Crippen LogP contribution in [0.2, 0.25) is 0 Å². The molecular formula is C89H145FN14O18S. The number of aromatic nitrogens is 3. The third-order valence-corrected chi connectivity index (χ3v) is 25.5. The molecule has 123 heavy (non-hydrogen) atoms. The Labute approximate surface area is 733 Å². The number of anilines is 2. The zero-order chi connectivity index (χ0) is 91.8. The van der Waals surface area contributed by atoms with Crippen molar-refractivity contribution in [3.05, 3.63) is 70.7 Å². The molecule has 9 rings (SSSR count). The fourth-order valence-electron chi connectivity index (χ4n) is 18.6. The van der Waals surface area contributed by atoms with Crippen LogP contribution >= 0.6 is 12.1 Å². The lowest BCUT2D eigenvalue weighted by atomic mass is 9.77. The first kappa shape index (κ1) is 104. The molecule has 692 valence electrons. The van der Waals surface area contributed by atoms with Gasteiger partial charge in [0.2, 0.25) is 0 Å². The number of methoxy groups -OCH3 is 2. The third-order valence-electron chi connectivity index (χ3n) is 25.5. The van der Waals surface area contributed by atoms with E-state index in [0.29, 0.717) is 108 Å². The molecule has 6 aliphatic heterocycles. The van der Waals surface area contributed by atoms with Crippen molar-refractivity contribution >= 4 is 59.2 Å². The van der Waals surface area contributed by atoms with Crippen LogP contribution in [0.3, 0.4) is 0 Å². The Morgan fingerprint density at radius 1 is 0.667 bits per heavy atom. The SMILES string of the molecule is C#Cc1cccc(N)c1.CC[C@H]1OC(=O)[C@H](C)C(=O)[C@H](C)[C@@H](O[C@@H]2OC(C)CC(N(C)C)C2O)[C@](C)(OC)C[C@@H](C)CCN[C@H](C)[C@H]2N(CCCCN=[N+]=[N-])C(=O)O[C@]12C.CC[C@H]1OC(=O)[C@H](C)C(=O)[C@H](C)[C@@H](O[C@@H]2OC(C)CC(N(C)C)C2O)[C@](C)(OC)C[C@@H](C)CCN[C@H](C)[C@H]2N(CCCCn3cc(-c4cccc(N)c4)nn3)C(=O)O[C@]12C.CSF. The van der Waals surface area contributed by atoms with Gasteiger partial charge in [-0.1, -0.05) is 76.0 Å². The van der Waals surface area contributed by atoms with E-state index in [2.05, 4.69) is 50.7 Å². The van der Waals surface area contributed by atoms with E-state index in [-0.39, 0.29) is 66.1 Å². The monoisotopic (exact) mass is 1750 g/mol. The molecule has 2 amide bonds. The molecule has 6 saturated heterocycles. The van der Waals surface area contributed by atoms with Gasteiger partial charge < -0.3 is 89.5 Å². The van der Waals surface area contributed by atoms with Crippen LogP contribution in [0.5, 0.6) is 0 Å². The van der Waals surface area contributed by atoms with Crippen LogP contribution in [0.4, 0.5) is 24.8 Å². The van der Waals surface area contributed by atoms with Gasteiger partial charge in [-0.3, -0.25) is 33.7 Å². The van der Waals surface area contributed by atoms with Gasteiger partial charge in [0.1, 0.15) is 41.9 Å². The van der Waals surface area contributed by atoms with E-state index in [4.69, 9.17) is 70.8 Å². The van der Waals surface area contributed by atoms with Crippen LogP contribution in [-0.2, 0) is 73.1 Å². The number of aliphatic hydroxyl groups is 2. The highest BCUT2D eigenvalue weighted by Crippen LogP contribution is 2.44. The summed E-state index contributed by atoms with van der Waals surface area (Å²) >= 11 is 0.250. The molecule has 7 heterocycles. The Morgan fingerprint density at radius 3 is 1.46 bits per heavy atom. The van der Waals surface area contributed by atoms with Gasteiger partial charge in [0, 0.05) is 122 Å². The number of hydrogen-bond acceptors (Lipinski definition) is 28. The number of cyclic esters (lactones) is 2. The highest BCUT2D eigenvalue weighted by molar-refractivity contribution is 7.93. The molecule has 0 bridgehead atoms. The standard InChI is InChI=1S/C44H71N7O9.C36H64N6O9.C8H7N.CH3FS/c1-12-35-44(8)38(51(42(55)60-44)21-14-13-20-50-25-33(47-48-50)31-16-15-17-32(45)23-31)30(6)46-19-18-26(2)24-43(7,56-11)39(28(4)36(52)29(5)40(54)58-35)59-41-37(53)34(49(9)10)22-27(3)57-41;1-12-27-36(8)30(42(34(46)51-36)18-14-13-16-39-40-37)25(6)38-17-15-21(2)20-35(7,47-11)31(23(4)28(43)24(5)32(45)49-27)50-33-29(44)26(41(9)10)19-22(3)48-33;1-2-7-4-3-5-8(9)6-7;1-3-2/h15-17,23,25-30,34-35,37-39,41,46,53H,12-14,18-22,24,45H2,1-11H3;21-27,29-31,33,38,44H,12-20H2,1-11H3;1,3-6H,9H2;1H3/t26-,27?,28-,29+,30+,34?,35+,37?,38+,39+,41-,43+,44+;21-,22?,23-,24+,25+,26?,27+,29?,30+,31+,33-,35+,36+;;/m00../s1. The molecule has 0 aliphatic carbocycles. The summed E-state index contributed by atoms with van der Waals surface area (Å²) in [7, 11) is 10.8. The second-order valence-electron chi connectivity index (χ2n) is 35.6. The lowest BCUT2D eigenvalue weighted by Crippen LogP contribution is -2.61. The fraction of sp³-hybridized carbons (Fsp3) is 0.753. The van der Waals surface area contributed by atoms with Gasteiger partial charge in [-0.15, -0.1) is 11.5 Å². The van der Waals surface area contributed by atoms with Gasteiger partial charge in [-0.2, -0.15) is 3.89 Å². The number of azide groups is 1. The highest BCUT2D eigenvalue weighted by atomic mass is 32.2. The predicted molar refractivity (Wildman–Crippen MR) is 471 cm³/mol. The Hall–Kier alpha value is -7.33. The van der Waals surface area contributed by atoms with Crippen LogP contribution in [0.15, 0.2) is 59.8 Å². The number of aliphatic hydroxyl groups excluding tert-OH is 2. The Balaban J connectivity index is 0.000000338. The number of nitrogen functional groups attached to an aromatic ring is 2. The van der Waals surface area contributed by atoms with Crippen LogP contribution in [0, 0.1) is 47.9 Å². The molecular weight excluding hydrogens is 1600 g/mol. The molecule has 8 N–H and O–H groups in total. The van der Waals surface area contributed by atoms with E-state index < -0.39 is 137 Å². The summed E-state index contributed by atoms with van der Waals surface area (Å²) in [5, 5.41) is 42.3. The number of carbonyl (C=O) groups is 6. The molecule has 0 radical (unpaired) electrons. The number of fused-ring (bicyclic) bond motifs is 2. The summed E-state index contributed by atoms with van der Waals surface area (Å²) in [6.45, 7) is 32.8. The number of likely N-dealkylation sites (N-methyl/N-ethyl adjacent to an activating group) is 2. The Morgan fingerprint density at radius 2 is 1.08 bits per heavy atom. The van der Waals surface area contributed by atoms with Crippen LogP contribution < -0.4 is 22.1 Å². The number of hydrogen-bond donors (Lipinski definition) is 6. The molecule has 3 aromatic rings. The van der Waals surface area contributed by atoms with E-state index in [1.165, 1.54) is 13.2 Å². The number of benzene rings is 2. The Kier molecular flexibility index (Phi) is 40.8. The van der Waals surface area contributed by atoms with Crippen molar-refractivity contribution in [1.82, 2.24) is 45.2 Å². The van der Waals surface area contributed by atoms with Crippen molar-refractivity contribution in [2.75, 3.05) is 92.9 Å². The fourth-order valence-corrected chi connectivity index (χ4v) is 18.6. The molecule has 0 spiro atoms. The van der Waals surface area contributed by atoms with Crippen LogP contribution in [0.25, 0.3) is 21.7 Å². The van der Waals surface area contributed by atoms with Crippen LogP contribution in [0.1, 0.15) is 193 Å². The minimum absolute atomic E-state index is 0.0906. The largest absolute Gasteiger partial charge is 0.458 e. The lowest BCUT2D eigenvalue weighted by Gasteiger charge is -2.47. The number of halogens is 1. The van der Waals surface area contributed by atoms with E-state index >= 15 is 0 Å². The first-order valence-corrected chi connectivity index (χ1v) is 44.7. The number of terminal acetylenes is 1. The second-order valence-corrected chi connectivity index (χ2v) is 35.9. The van der Waals surface area contributed by atoms with Crippen molar-refractivity contribution in [3.8, 4) is 23.6 Å². The molecule has 1 aromatic heterocycles. The number of rotatable bonds is 21. The molecule has 6 fully saturated rings. The Bertz CT molecular complexity index is 3960. The predicted octanol–water partition coefficient (Wildman–Crippen LogP) is 11.6. The van der Waals surface area contributed by atoms with E-state index in [1.807, 2.05) is 143 Å². The maximum Gasteiger partial charge on any atom is 0.410 e. The number of amides is 2. The molecule has 32 nitrogen and oxygen atoms in total. The average Bonchev–Trinajstić information content (AvgIpc) is 1.59.